The SMILES string of the molecule is CCOC(=O)[C@H](N)Cc1c[nH]c(=O)[nH]1. The zero-order valence-electron chi connectivity index (χ0n) is 7.87. The summed E-state index contributed by atoms with van der Waals surface area (Å²) in [6.07, 6.45) is 1.75. The molecule has 0 aliphatic rings. The number of carbonyl (C=O) groups excluding carboxylic acids is 1. The molecule has 14 heavy (non-hydrogen) atoms. The first-order valence-electron chi connectivity index (χ1n) is 4.32. The van der Waals surface area contributed by atoms with Crippen molar-refractivity contribution >= 4 is 5.97 Å². The number of carbonyl (C=O) groups is 1. The largest absolute Gasteiger partial charge is 0.465 e. The molecule has 1 aromatic rings. The Balaban J connectivity index is 2.52. The quantitative estimate of drug-likeness (QED) is 0.549. The lowest BCUT2D eigenvalue weighted by Crippen LogP contribution is -2.34. The number of esters is 1. The highest BCUT2D eigenvalue weighted by Crippen LogP contribution is 1.96. The Bertz CT molecular complexity index is 355. The van der Waals surface area contributed by atoms with Crippen molar-refractivity contribution in [2.75, 3.05) is 6.61 Å². The molecule has 4 N–H and O–H groups in total. The lowest BCUT2D eigenvalue weighted by atomic mass is 10.2. The molecule has 1 heterocycles. The summed E-state index contributed by atoms with van der Waals surface area (Å²) in [6.45, 7) is 2.01. The van der Waals surface area contributed by atoms with Gasteiger partial charge in [-0.3, -0.25) is 4.79 Å². The number of hydrogen-bond donors (Lipinski definition) is 3. The van der Waals surface area contributed by atoms with E-state index in [1.165, 1.54) is 6.20 Å². The maximum atomic E-state index is 11.1. The van der Waals surface area contributed by atoms with E-state index in [-0.39, 0.29) is 12.1 Å². The number of nitrogens with one attached hydrogen (secondary N) is 2. The fourth-order valence-electron chi connectivity index (χ4n) is 1.05. The first-order valence-corrected chi connectivity index (χ1v) is 4.32. The molecule has 1 rings (SSSR count). The first-order chi connectivity index (χ1) is 6.63. The van der Waals surface area contributed by atoms with Gasteiger partial charge < -0.3 is 20.4 Å². The first kappa shape index (κ1) is 10.5. The lowest BCUT2D eigenvalue weighted by Gasteiger charge is -2.08. The third kappa shape index (κ3) is 2.74. The van der Waals surface area contributed by atoms with E-state index in [4.69, 9.17) is 10.5 Å². The van der Waals surface area contributed by atoms with E-state index in [0.29, 0.717) is 12.3 Å². The summed E-state index contributed by atoms with van der Waals surface area (Å²) in [6, 6.07) is -0.735. The number of aromatic nitrogens is 2. The fourth-order valence-corrected chi connectivity index (χ4v) is 1.05. The second kappa shape index (κ2) is 4.61. The van der Waals surface area contributed by atoms with E-state index in [2.05, 4.69) is 9.97 Å². The molecule has 0 aliphatic heterocycles. The van der Waals surface area contributed by atoms with Gasteiger partial charge in [-0.1, -0.05) is 0 Å². The van der Waals surface area contributed by atoms with Crippen molar-refractivity contribution in [3.63, 3.8) is 0 Å². The van der Waals surface area contributed by atoms with Crippen LogP contribution >= 0.6 is 0 Å². The van der Waals surface area contributed by atoms with Gasteiger partial charge in [0, 0.05) is 18.3 Å². The molecule has 0 aliphatic carbocycles. The topological polar surface area (TPSA) is 101 Å². The number of aromatic amines is 2. The van der Waals surface area contributed by atoms with Gasteiger partial charge in [-0.2, -0.15) is 0 Å². The van der Waals surface area contributed by atoms with Gasteiger partial charge in [0.1, 0.15) is 6.04 Å². The average molecular weight is 199 g/mol. The number of ether oxygens (including phenoxy) is 1. The minimum absolute atomic E-state index is 0.261. The van der Waals surface area contributed by atoms with Crippen LogP contribution in [-0.4, -0.2) is 28.6 Å². The van der Waals surface area contributed by atoms with Crippen LogP contribution in [0.5, 0.6) is 0 Å². The molecule has 0 unspecified atom stereocenters. The molecule has 1 aromatic heterocycles. The van der Waals surface area contributed by atoms with E-state index in [1.807, 2.05) is 0 Å². The molecule has 0 fully saturated rings. The predicted molar refractivity (Wildman–Crippen MR) is 49.7 cm³/mol. The van der Waals surface area contributed by atoms with Crippen LogP contribution < -0.4 is 11.4 Å². The third-order valence-corrected chi connectivity index (χ3v) is 1.68. The zero-order chi connectivity index (χ0) is 10.6. The van der Waals surface area contributed by atoms with Crippen molar-refractivity contribution in [2.45, 2.75) is 19.4 Å². The minimum Gasteiger partial charge on any atom is -0.465 e. The summed E-state index contributed by atoms with van der Waals surface area (Å²) in [5.74, 6) is -0.463. The zero-order valence-corrected chi connectivity index (χ0v) is 7.87. The number of nitrogens with two attached hydrogens (primary N) is 1. The average Bonchev–Trinajstić information content (AvgIpc) is 2.51. The van der Waals surface area contributed by atoms with Gasteiger partial charge in [-0.25, -0.2) is 4.79 Å². The molecular formula is C8H13N3O3. The van der Waals surface area contributed by atoms with Gasteiger partial charge in [0.25, 0.3) is 0 Å². The molecule has 6 nitrogen and oxygen atoms in total. The van der Waals surface area contributed by atoms with Crippen molar-refractivity contribution in [2.24, 2.45) is 5.73 Å². The molecule has 0 aromatic carbocycles. The Kier molecular flexibility index (Phi) is 3.47. The van der Waals surface area contributed by atoms with Crippen LogP contribution in [0, 0.1) is 0 Å². The van der Waals surface area contributed by atoms with Crippen LogP contribution in [0.25, 0.3) is 0 Å². The summed E-state index contributed by atoms with van der Waals surface area (Å²) in [5, 5.41) is 0. The summed E-state index contributed by atoms with van der Waals surface area (Å²) < 4.78 is 4.72. The van der Waals surface area contributed by atoms with E-state index >= 15 is 0 Å². The maximum Gasteiger partial charge on any atom is 0.323 e. The highest BCUT2D eigenvalue weighted by molar-refractivity contribution is 5.75. The van der Waals surface area contributed by atoms with Crippen molar-refractivity contribution < 1.29 is 9.53 Å². The van der Waals surface area contributed by atoms with Gasteiger partial charge >= 0.3 is 11.7 Å². The van der Waals surface area contributed by atoms with Crippen LogP contribution in [0.1, 0.15) is 12.6 Å². The molecule has 0 spiro atoms. The Hall–Kier alpha value is -1.56. The second-order valence-electron chi connectivity index (χ2n) is 2.83. The van der Waals surface area contributed by atoms with Crippen molar-refractivity contribution in [3.05, 3.63) is 22.4 Å². The third-order valence-electron chi connectivity index (χ3n) is 1.68. The van der Waals surface area contributed by atoms with Gasteiger partial charge in [-0.15, -0.1) is 0 Å². The summed E-state index contributed by atoms with van der Waals surface area (Å²) >= 11 is 0. The van der Waals surface area contributed by atoms with E-state index in [9.17, 15) is 9.59 Å². The smallest absolute Gasteiger partial charge is 0.323 e. The Morgan fingerprint density at radius 3 is 2.93 bits per heavy atom. The van der Waals surface area contributed by atoms with Gasteiger partial charge in [-0.05, 0) is 6.92 Å². The van der Waals surface area contributed by atoms with Crippen molar-refractivity contribution in [1.29, 1.82) is 0 Å². The van der Waals surface area contributed by atoms with Gasteiger partial charge in [0.2, 0.25) is 0 Å². The Morgan fingerprint density at radius 1 is 1.71 bits per heavy atom. The second-order valence-corrected chi connectivity index (χ2v) is 2.83. The van der Waals surface area contributed by atoms with Crippen LogP contribution in [0.15, 0.2) is 11.0 Å². The predicted octanol–water partition coefficient (Wildman–Crippen LogP) is -0.864. The fraction of sp³-hybridized carbons (Fsp3) is 0.500. The molecule has 0 amide bonds. The highest BCUT2D eigenvalue weighted by atomic mass is 16.5. The van der Waals surface area contributed by atoms with Gasteiger partial charge in [0.05, 0.1) is 6.61 Å². The van der Waals surface area contributed by atoms with Crippen LogP contribution in [0.3, 0.4) is 0 Å². The van der Waals surface area contributed by atoms with Crippen molar-refractivity contribution in [3.8, 4) is 0 Å². The molecule has 6 heteroatoms. The Labute approximate surface area is 80.5 Å². The number of hydrogen-bond acceptors (Lipinski definition) is 4. The van der Waals surface area contributed by atoms with E-state index in [0.717, 1.165) is 0 Å². The molecule has 0 radical (unpaired) electrons. The minimum atomic E-state index is -0.735. The Morgan fingerprint density at radius 2 is 2.43 bits per heavy atom. The molecule has 78 valence electrons. The summed E-state index contributed by atoms with van der Waals surface area (Å²) in [4.78, 5) is 26.7. The lowest BCUT2D eigenvalue weighted by molar-refractivity contribution is -0.144. The van der Waals surface area contributed by atoms with E-state index in [1.54, 1.807) is 6.92 Å². The van der Waals surface area contributed by atoms with Gasteiger partial charge in [0.15, 0.2) is 0 Å². The number of H-pyrrole nitrogens is 2. The van der Waals surface area contributed by atoms with Crippen LogP contribution in [0.2, 0.25) is 0 Å². The molecule has 1 atom stereocenters. The number of rotatable bonds is 4. The normalized spacial score (nSPS) is 12.4. The summed E-state index contributed by atoms with van der Waals surface area (Å²) in [5.41, 5.74) is 5.82. The van der Waals surface area contributed by atoms with Crippen LogP contribution in [0.4, 0.5) is 0 Å². The molecule has 0 bridgehead atoms. The molecule has 0 saturated heterocycles. The van der Waals surface area contributed by atoms with Crippen LogP contribution in [-0.2, 0) is 16.0 Å². The maximum absolute atomic E-state index is 11.1. The number of imidazole rings is 1. The monoisotopic (exact) mass is 199 g/mol. The van der Waals surface area contributed by atoms with Crippen molar-refractivity contribution in [1.82, 2.24) is 9.97 Å². The molecular weight excluding hydrogens is 186 g/mol. The van der Waals surface area contributed by atoms with E-state index < -0.39 is 12.0 Å². The molecule has 0 saturated carbocycles. The standard InChI is InChI=1S/C8H13N3O3/c1-2-14-7(12)6(9)3-5-4-10-8(13)11-5/h4,6H,2-3,9H2,1H3,(H2,10,11,13)/t6-/m1/s1. The summed E-state index contributed by atoms with van der Waals surface area (Å²) in [7, 11) is 0. The highest BCUT2D eigenvalue weighted by Gasteiger charge is 2.15.